The number of amides is 2. The van der Waals surface area contributed by atoms with Crippen LogP contribution in [0.15, 0.2) is 0 Å². The molecule has 10 nitrogen and oxygen atoms in total. The summed E-state index contributed by atoms with van der Waals surface area (Å²) in [6, 6.07) is -1.03. The first-order chi connectivity index (χ1) is 19.4. The number of hydrogen-bond acceptors (Lipinski definition) is 8. The van der Waals surface area contributed by atoms with Gasteiger partial charge in [-0.15, -0.1) is 0 Å². The number of carbonyl (C=O) groups excluding carboxylic acids is 4. The number of rotatable bonds is 28. The van der Waals surface area contributed by atoms with Crippen molar-refractivity contribution in [2.24, 2.45) is 0 Å². The highest BCUT2D eigenvalue weighted by molar-refractivity contribution is 5.86. The Hall–Kier alpha value is -2.20. The average Bonchev–Trinajstić information content (AvgIpc) is 2.96. The Morgan fingerprint density at radius 1 is 0.625 bits per heavy atom. The molecule has 0 aliphatic rings. The van der Waals surface area contributed by atoms with Crippen molar-refractivity contribution in [1.82, 2.24) is 10.6 Å². The standard InChI is InChI=1S/C30H56N2O8/c1-2-3-4-5-6-7-8-9-10-11-12-13-14-15-16-19-22-39-29(37)25-40-30(38)26(32-28(36)24-34)20-17-18-21-31-27(35)23-33/h26,33-34H,2-25H2,1H3,(H,31,35)(H,32,36)/t26-/m0/s1. The summed E-state index contributed by atoms with van der Waals surface area (Å²) in [7, 11) is 0. The Kier molecular flexibility index (Phi) is 26.8. The van der Waals surface area contributed by atoms with Crippen molar-refractivity contribution < 1.29 is 38.9 Å². The van der Waals surface area contributed by atoms with Crippen LogP contribution in [0.4, 0.5) is 0 Å². The van der Waals surface area contributed by atoms with Gasteiger partial charge < -0.3 is 30.3 Å². The number of aliphatic hydroxyl groups excluding tert-OH is 2. The molecule has 0 saturated carbocycles. The predicted molar refractivity (Wildman–Crippen MR) is 154 cm³/mol. The number of aliphatic hydroxyl groups is 2. The van der Waals surface area contributed by atoms with Gasteiger partial charge in [-0.05, 0) is 25.7 Å². The van der Waals surface area contributed by atoms with E-state index in [4.69, 9.17) is 19.7 Å². The molecular weight excluding hydrogens is 516 g/mol. The first-order valence-corrected chi connectivity index (χ1v) is 15.5. The van der Waals surface area contributed by atoms with Crippen molar-refractivity contribution in [3.05, 3.63) is 0 Å². The van der Waals surface area contributed by atoms with Gasteiger partial charge >= 0.3 is 11.9 Å². The molecule has 2 amide bonds. The summed E-state index contributed by atoms with van der Waals surface area (Å²) in [6.07, 6.45) is 21.4. The number of nitrogens with one attached hydrogen (secondary N) is 2. The fourth-order valence-electron chi connectivity index (χ4n) is 4.35. The second kappa shape index (κ2) is 28.3. The van der Waals surface area contributed by atoms with Crippen molar-refractivity contribution in [3.63, 3.8) is 0 Å². The lowest BCUT2D eigenvalue weighted by molar-refractivity contribution is -0.160. The number of ether oxygens (including phenoxy) is 2. The van der Waals surface area contributed by atoms with Crippen LogP contribution in [-0.2, 0) is 28.7 Å². The van der Waals surface area contributed by atoms with Crippen LogP contribution in [0.3, 0.4) is 0 Å². The zero-order chi connectivity index (χ0) is 29.7. The van der Waals surface area contributed by atoms with Crippen LogP contribution < -0.4 is 10.6 Å². The average molecular weight is 573 g/mol. The van der Waals surface area contributed by atoms with Gasteiger partial charge in [-0.1, -0.05) is 103 Å². The molecule has 0 aromatic heterocycles. The first kappa shape index (κ1) is 37.8. The smallest absolute Gasteiger partial charge is 0.344 e. The summed E-state index contributed by atoms with van der Waals surface area (Å²) in [4.78, 5) is 46.8. The van der Waals surface area contributed by atoms with Crippen LogP contribution in [-0.4, -0.2) is 73.0 Å². The van der Waals surface area contributed by atoms with E-state index in [2.05, 4.69) is 17.6 Å². The lowest BCUT2D eigenvalue weighted by atomic mass is 10.0. The van der Waals surface area contributed by atoms with Gasteiger partial charge in [0.05, 0.1) is 6.61 Å². The molecule has 0 fully saturated rings. The number of carbonyl (C=O) groups is 4. The van der Waals surface area contributed by atoms with E-state index in [0.29, 0.717) is 19.4 Å². The zero-order valence-electron chi connectivity index (χ0n) is 24.9. The zero-order valence-corrected chi connectivity index (χ0v) is 24.9. The molecule has 0 spiro atoms. The quantitative estimate of drug-likeness (QED) is 0.0808. The third kappa shape index (κ3) is 24.8. The lowest BCUT2D eigenvalue weighted by Gasteiger charge is -2.17. The molecule has 0 aromatic rings. The van der Waals surface area contributed by atoms with E-state index in [9.17, 15) is 19.2 Å². The second-order valence-corrected chi connectivity index (χ2v) is 10.4. The molecule has 0 rings (SSSR count). The molecule has 1 atom stereocenters. The monoisotopic (exact) mass is 572 g/mol. The van der Waals surface area contributed by atoms with Gasteiger partial charge in [-0.3, -0.25) is 9.59 Å². The molecular formula is C30H56N2O8. The Morgan fingerprint density at radius 2 is 1.12 bits per heavy atom. The summed E-state index contributed by atoms with van der Waals surface area (Å²) in [6.45, 7) is 0.912. The molecule has 10 heteroatoms. The highest BCUT2D eigenvalue weighted by Gasteiger charge is 2.22. The van der Waals surface area contributed by atoms with E-state index in [1.807, 2.05) is 0 Å². The van der Waals surface area contributed by atoms with Gasteiger partial charge in [0.25, 0.3) is 0 Å². The lowest BCUT2D eigenvalue weighted by Crippen LogP contribution is -2.43. The molecule has 40 heavy (non-hydrogen) atoms. The Morgan fingerprint density at radius 3 is 1.62 bits per heavy atom. The fourth-order valence-corrected chi connectivity index (χ4v) is 4.35. The minimum absolute atomic E-state index is 0.202. The Balaban J connectivity index is 3.77. The summed E-state index contributed by atoms with van der Waals surface area (Å²) in [5.74, 6) is -2.67. The number of esters is 2. The number of hydrogen-bond donors (Lipinski definition) is 4. The van der Waals surface area contributed by atoms with Crippen LogP contribution in [0.5, 0.6) is 0 Å². The molecule has 234 valence electrons. The van der Waals surface area contributed by atoms with Crippen molar-refractivity contribution in [2.75, 3.05) is 33.0 Å². The molecule has 0 bridgehead atoms. The van der Waals surface area contributed by atoms with Gasteiger partial charge in [-0.2, -0.15) is 0 Å². The minimum Gasteiger partial charge on any atom is -0.463 e. The Bertz CT molecular complexity index is 660. The highest BCUT2D eigenvalue weighted by Crippen LogP contribution is 2.13. The third-order valence-corrected chi connectivity index (χ3v) is 6.74. The summed E-state index contributed by atoms with van der Waals surface area (Å²) < 4.78 is 10.1. The summed E-state index contributed by atoms with van der Waals surface area (Å²) in [5, 5.41) is 22.5. The Labute approximate surface area is 241 Å². The van der Waals surface area contributed by atoms with Gasteiger partial charge in [0.1, 0.15) is 19.3 Å². The van der Waals surface area contributed by atoms with Crippen molar-refractivity contribution >= 4 is 23.8 Å². The van der Waals surface area contributed by atoms with E-state index >= 15 is 0 Å². The van der Waals surface area contributed by atoms with Gasteiger partial charge in [0.15, 0.2) is 6.61 Å². The van der Waals surface area contributed by atoms with Gasteiger partial charge in [-0.25, -0.2) is 9.59 Å². The number of unbranched alkanes of at least 4 members (excludes halogenated alkanes) is 16. The maximum Gasteiger partial charge on any atom is 0.344 e. The topological polar surface area (TPSA) is 151 Å². The molecule has 0 aromatic carbocycles. The summed E-state index contributed by atoms with van der Waals surface area (Å²) >= 11 is 0. The van der Waals surface area contributed by atoms with Crippen LogP contribution in [0, 0.1) is 0 Å². The van der Waals surface area contributed by atoms with Crippen LogP contribution in [0.2, 0.25) is 0 Å². The first-order valence-electron chi connectivity index (χ1n) is 15.5. The minimum atomic E-state index is -1.03. The highest BCUT2D eigenvalue weighted by atomic mass is 16.6. The van der Waals surface area contributed by atoms with E-state index in [0.717, 1.165) is 19.3 Å². The molecule has 0 saturated heterocycles. The summed E-state index contributed by atoms with van der Waals surface area (Å²) in [5.41, 5.74) is 0. The van der Waals surface area contributed by atoms with E-state index < -0.39 is 49.6 Å². The molecule has 0 radical (unpaired) electrons. The second-order valence-electron chi connectivity index (χ2n) is 10.4. The predicted octanol–water partition coefficient (Wildman–Crippen LogP) is 4.09. The molecule has 4 N–H and O–H groups in total. The van der Waals surface area contributed by atoms with Crippen molar-refractivity contribution in [3.8, 4) is 0 Å². The van der Waals surface area contributed by atoms with Crippen molar-refractivity contribution in [2.45, 2.75) is 135 Å². The van der Waals surface area contributed by atoms with E-state index in [-0.39, 0.29) is 13.0 Å². The van der Waals surface area contributed by atoms with E-state index in [1.165, 1.54) is 83.5 Å². The fraction of sp³-hybridized carbons (Fsp3) is 0.867. The van der Waals surface area contributed by atoms with Gasteiger partial charge in [0.2, 0.25) is 11.8 Å². The SMILES string of the molecule is CCCCCCCCCCCCCCCCCCOC(=O)COC(=O)[C@H](CCCCNC(=O)CO)NC(=O)CO. The molecule has 0 aliphatic carbocycles. The largest absolute Gasteiger partial charge is 0.463 e. The van der Waals surface area contributed by atoms with Crippen LogP contribution >= 0.6 is 0 Å². The van der Waals surface area contributed by atoms with E-state index in [1.54, 1.807) is 0 Å². The van der Waals surface area contributed by atoms with Crippen LogP contribution in [0.25, 0.3) is 0 Å². The van der Waals surface area contributed by atoms with Crippen molar-refractivity contribution in [1.29, 1.82) is 0 Å². The van der Waals surface area contributed by atoms with Crippen LogP contribution in [0.1, 0.15) is 129 Å². The molecule has 0 unspecified atom stereocenters. The molecule has 0 heterocycles. The third-order valence-electron chi connectivity index (χ3n) is 6.74. The maximum atomic E-state index is 12.3. The maximum absolute atomic E-state index is 12.3. The van der Waals surface area contributed by atoms with Gasteiger partial charge in [0, 0.05) is 6.54 Å². The molecule has 0 aliphatic heterocycles. The normalized spacial score (nSPS) is 11.6.